The first-order chi connectivity index (χ1) is 5.24. The summed E-state index contributed by atoms with van der Waals surface area (Å²) in [5.74, 6) is -0.821. The molecule has 0 N–H and O–H groups in total. The summed E-state index contributed by atoms with van der Waals surface area (Å²) in [5.41, 5.74) is 0.313. The summed E-state index contributed by atoms with van der Waals surface area (Å²) in [6, 6.07) is 0. The highest BCUT2D eigenvalue weighted by Crippen LogP contribution is 1.96. The standard InChI is InChI=1S/C9H16NO2/c1-7(2)9(12)8(11)6-10(3,4)5/h1,6H2,2-5H3/q+1. The number of rotatable bonds is 4. The predicted molar refractivity (Wildman–Crippen MR) is 47.7 cm³/mol. The van der Waals surface area contributed by atoms with E-state index in [9.17, 15) is 9.59 Å². The lowest BCUT2D eigenvalue weighted by Crippen LogP contribution is -2.41. The molecule has 12 heavy (non-hydrogen) atoms. The van der Waals surface area contributed by atoms with Crippen LogP contribution in [0.4, 0.5) is 0 Å². The number of hydrogen-bond acceptors (Lipinski definition) is 2. The van der Waals surface area contributed by atoms with Crippen molar-refractivity contribution in [1.82, 2.24) is 0 Å². The first-order valence-corrected chi connectivity index (χ1v) is 3.77. The van der Waals surface area contributed by atoms with E-state index >= 15 is 0 Å². The minimum absolute atomic E-state index is 0.228. The van der Waals surface area contributed by atoms with Crippen LogP contribution in [-0.2, 0) is 9.59 Å². The van der Waals surface area contributed by atoms with Gasteiger partial charge in [0.2, 0.25) is 5.78 Å². The first kappa shape index (κ1) is 11.0. The van der Waals surface area contributed by atoms with Crippen molar-refractivity contribution in [2.75, 3.05) is 27.7 Å². The zero-order chi connectivity index (χ0) is 9.94. The van der Waals surface area contributed by atoms with Gasteiger partial charge in [0.15, 0.2) is 0 Å². The lowest BCUT2D eigenvalue weighted by molar-refractivity contribution is -0.861. The Morgan fingerprint density at radius 3 is 1.92 bits per heavy atom. The minimum Gasteiger partial charge on any atom is -0.324 e. The molecule has 0 aromatic carbocycles. The fraction of sp³-hybridized carbons (Fsp3) is 0.556. The number of carbonyl (C=O) groups is 2. The highest BCUT2D eigenvalue weighted by molar-refractivity contribution is 6.43. The Balaban J connectivity index is 4.25. The summed E-state index contributed by atoms with van der Waals surface area (Å²) >= 11 is 0. The number of Topliss-reactive ketones (excluding diaryl/α,β-unsaturated/α-hetero) is 2. The van der Waals surface area contributed by atoms with E-state index in [2.05, 4.69) is 6.58 Å². The van der Waals surface area contributed by atoms with Crippen LogP contribution in [0.3, 0.4) is 0 Å². The molecule has 68 valence electrons. The second kappa shape index (κ2) is 3.63. The van der Waals surface area contributed by atoms with Crippen molar-refractivity contribution in [3.05, 3.63) is 12.2 Å². The van der Waals surface area contributed by atoms with Crippen LogP contribution in [0.25, 0.3) is 0 Å². The molecule has 0 atom stereocenters. The number of likely N-dealkylation sites (N-methyl/N-ethyl adjacent to an activating group) is 1. The van der Waals surface area contributed by atoms with Crippen molar-refractivity contribution in [3.8, 4) is 0 Å². The molecule has 0 rings (SSSR count). The van der Waals surface area contributed by atoms with E-state index in [-0.39, 0.29) is 12.3 Å². The Kier molecular flexibility index (Phi) is 3.34. The normalized spacial score (nSPS) is 11.0. The second-order valence-corrected chi connectivity index (χ2v) is 3.98. The van der Waals surface area contributed by atoms with Gasteiger partial charge in [0.1, 0.15) is 6.54 Å². The molecule has 0 fully saturated rings. The van der Waals surface area contributed by atoms with E-state index in [0.29, 0.717) is 10.1 Å². The zero-order valence-electron chi connectivity index (χ0n) is 8.18. The molecule has 0 aliphatic carbocycles. The number of allylic oxidation sites excluding steroid dienone is 1. The van der Waals surface area contributed by atoms with Gasteiger partial charge in [0.05, 0.1) is 21.1 Å². The van der Waals surface area contributed by atoms with E-state index in [0.717, 1.165) is 0 Å². The molecule has 0 saturated heterocycles. The van der Waals surface area contributed by atoms with Crippen LogP contribution in [0.15, 0.2) is 12.2 Å². The molecule has 0 saturated carbocycles. The largest absolute Gasteiger partial charge is 0.324 e. The van der Waals surface area contributed by atoms with E-state index in [1.54, 1.807) is 6.92 Å². The van der Waals surface area contributed by atoms with Gasteiger partial charge in [-0.25, -0.2) is 0 Å². The second-order valence-electron chi connectivity index (χ2n) is 3.98. The van der Waals surface area contributed by atoms with Crippen molar-refractivity contribution >= 4 is 11.6 Å². The number of hydrogen-bond donors (Lipinski definition) is 0. The van der Waals surface area contributed by atoms with E-state index in [1.807, 2.05) is 21.1 Å². The van der Waals surface area contributed by atoms with Gasteiger partial charge < -0.3 is 4.48 Å². The Hall–Kier alpha value is -0.960. The van der Waals surface area contributed by atoms with Gasteiger partial charge in [0, 0.05) is 0 Å². The highest BCUT2D eigenvalue weighted by atomic mass is 16.2. The molecule has 0 aliphatic heterocycles. The van der Waals surface area contributed by atoms with Crippen LogP contribution < -0.4 is 0 Å². The summed E-state index contributed by atoms with van der Waals surface area (Å²) in [6.45, 7) is 5.21. The van der Waals surface area contributed by atoms with Gasteiger partial charge in [-0.05, 0) is 12.5 Å². The molecule has 0 radical (unpaired) electrons. The smallest absolute Gasteiger partial charge is 0.256 e. The number of ketones is 2. The molecular formula is C9H16NO2+. The maximum atomic E-state index is 11.2. The molecule has 0 heterocycles. The van der Waals surface area contributed by atoms with Crippen LogP contribution in [0, 0.1) is 0 Å². The highest BCUT2D eigenvalue weighted by Gasteiger charge is 2.21. The van der Waals surface area contributed by atoms with Crippen LogP contribution in [0.5, 0.6) is 0 Å². The first-order valence-electron chi connectivity index (χ1n) is 3.77. The van der Waals surface area contributed by atoms with E-state index in [1.165, 1.54) is 0 Å². The molecule has 0 spiro atoms. The lowest BCUT2D eigenvalue weighted by Gasteiger charge is -2.22. The maximum Gasteiger partial charge on any atom is 0.256 e. The fourth-order valence-corrected chi connectivity index (χ4v) is 0.741. The monoisotopic (exact) mass is 170 g/mol. The van der Waals surface area contributed by atoms with Crippen molar-refractivity contribution in [1.29, 1.82) is 0 Å². The summed E-state index contributed by atoms with van der Waals surface area (Å²) < 4.78 is 0.470. The topological polar surface area (TPSA) is 34.1 Å². The Labute approximate surface area is 73.3 Å². The molecule has 0 bridgehead atoms. The third kappa shape index (κ3) is 4.03. The van der Waals surface area contributed by atoms with E-state index < -0.39 is 5.78 Å². The molecule has 0 aromatic heterocycles. The van der Waals surface area contributed by atoms with Gasteiger partial charge in [-0.3, -0.25) is 9.59 Å². The zero-order valence-corrected chi connectivity index (χ0v) is 8.18. The number of carbonyl (C=O) groups excluding carboxylic acids is 2. The van der Waals surface area contributed by atoms with Crippen molar-refractivity contribution in [2.45, 2.75) is 6.92 Å². The molecule has 0 unspecified atom stereocenters. The average Bonchev–Trinajstić information content (AvgIpc) is 1.82. The molecule has 3 heteroatoms. The van der Waals surface area contributed by atoms with Crippen LogP contribution in [0.2, 0.25) is 0 Å². The quantitative estimate of drug-likeness (QED) is 0.348. The Bertz CT molecular complexity index is 223. The summed E-state index contributed by atoms with van der Waals surface area (Å²) in [6.07, 6.45) is 0. The van der Waals surface area contributed by atoms with Crippen molar-refractivity contribution in [2.24, 2.45) is 0 Å². The Morgan fingerprint density at radius 1 is 1.25 bits per heavy atom. The SMILES string of the molecule is C=C(C)C(=O)C(=O)C[N+](C)(C)C. The molecule has 3 nitrogen and oxygen atoms in total. The molecule has 0 aromatic rings. The van der Waals surface area contributed by atoms with Gasteiger partial charge in [0.25, 0.3) is 5.78 Å². The maximum absolute atomic E-state index is 11.2. The lowest BCUT2D eigenvalue weighted by atomic mass is 10.1. The molecule has 0 amide bonds. The van der Waals surface area contributed by atoms with Crippen molar-refractivity contribution < 1.29 is 14.1 Å². The Morgan fingerprint density at radius 2 is 1.67 bits per heavy atom. The average molecular weight is 170 g/mol. The van der Waals surface area contributed by atoms with Crippen LogP contribution in [-0.4, -0.2) is 43.7 Å². The van der Waals surface area contributed by atoms with Gasteiger partial charge in [-0.15, -0.1) is 0 Å². The van der Waals surface area contributed by atoms with Crippen LogP contribution in [0.1, 0.15) is 6.92 Å². The number of nitrogens with zero attached hydrogens (tertiary/aromatic N) is 1. The fourth-order valence-electron chi connectivity index (χ4n) is 0.741. The van der Waals surface area contributed by atoms with Crippen LogP contribution >= 0.6 is 0 Å². The third-order valence-electron chi connectivity index (χ3n) is 1.26. The van der Waals surface area contributed by atoms with Gasteiger partial charge >= 0.3 is 0 Å². The number of quaternary nitrogens is 1. The van der Waals surface area contributed by atoms with Gasteiger partial charge in [-0.2, -0.15) is 0 Å². The van der Waals surface area contributed by atoms with Crippen molar-refractivity contribution in [3.63, 3.8) is 0 Å². The minimum atomic E-state index is -0.456. The molecular weight excluding hydrogens is 154 g/mol. The summed E-state index contributed by atoms with van der Waals surface area (Å²) in [5, 5.41) is 0. The predicted octanol–water partition coefficient (Wildman–Crippen LogP) is 0.407. The summed E-state index contributed by atoms with van der Waals surface area (Å²) in [7, 11) is 5.59. The van der Waals surface area contributed by atoms with E-state index in [4.69, 9.17) is 0 Å². The van der Waals surface area contributed by atoms with Gasteiger partial charge in [-0.1, -0.05) is 6.58 Å². The summed E-state index contributed by atoms with van der Waals surface area (Å²) in [4.78, 5) is 22.2. The molecule has 0 aliphatic rings. The third-order valence-corrected chi connectivity index (χ3v) is 1.26.